The molecule has 0 aromatic heterocycles. The summed E-state index contributed by atoms with van der Waals surface area (Å²) >= 11 is 0. The van der Waals surface area contributed by atoms with E-state index in [4.69, 9.17) is 5.73 Å². The maximum absolute atomic E-state index is 13.4. The fourth-order valence-corrected chi connectivity index (χ4v) is 4.32. The topological polar surface area (TPSA) is 247 Å². The molecule has 0 aliphatic carbocycles. The highest BCUT2D eigenvalue weighted by atomic mass is 19.4. The van der Waals surface area contributed by atoms with Gasteiger partial charge in [0.2, 0.25) is 17.7 Å². The second-order valence-electron chi connectivity index (χ2n) is 12.0. The van der Waals surface area contributed by atoms with E-state index >= 15 is 0 Å². The number of halogens is 12. The van der Waals surface area contributed by atoms with E-state index in [0.717, 1.165) is 6.92 Å². The Morgan fingerprint density at radius 3 is 0.947 bits per heavy atom. The molecule has 0 saturated carbocycles. The minimum atomic E-state index is -5.30. The van der Waals surface area contributed by atoms with Crippen LogP contribution in [-0.2, 0) is 38.4 Å². The third kappa shape index (κ3) is 21.8. The van der Waals surface area contributed by atoms with Gasteiger partial charge in [0.25, 0.3) is 0 Å². The van der Waals surface area contributed by atoms with Gasteiger partial charge in [0, 0.05) is 26.2 Å². The Hall–Kier alpha value is -4.92. The van der Waals surface area contributed by atoms with Crippen LogP contribution in [0.1, 0.15) is 58.3 Å². The number of rotatable bonds is 23. The zero-order valence-corrected chi connectivity index (χ0v) is 29.7. The molecular weight excluding hydrogens is 816 g/mol. The molecule has 28 heteroatoms. The molecule has 0 saturated heterocycles. The number of hydrogen-bond acceptors (Lipinski definition) is 9. The van der Waals surface area contributed by atoms with Gasteiger partial charge in [-0.05, 0) is 58.3 Å². The second-order valence-corrected chi connectivity index (χ2v) is 12.0. The van der Waals surface area contributed by atoms with Crippen LogP contribution in [0.3, 0.4) is 0 Å². The molecule has 0 fully saturated rings. The van der Waals surface area contributed by atoms with Crippen LogP contribution in [0, 0.1) is 0 Å². The summed E-state index contributed by atoms with van der Waals surface area (Å²) in [5, 5.41) is 12.4. The molecule has 7 amide bonds. The van der Waals surface area contributed by atoms with Crippen LogP contribution < -0.4 is 43.0 Å². The molecule has 328 valence electrons. The molecule has 57 heavy (non-hydrogen) atoms. The summed E-state index contributed by atoms with van der Waals surface area (Å²) in [6.45, 7) is -1.77. The first-order valence-corrected chi connectivity index (χ1v) is 16.6. The SMILES string of the molecule is CC(=O)C(CCCNC(=O)C(F)(F)F)NC(=O)C(CCCNC(=O)C(F)(F)F)NC(=O)C(CCCNC(=O)C(F)(F)F)NC(=O)C(N)CCCNC(=O)C(F)(F)F. The van der Waals surface area contributed by atoms with Crippen molar-refractivity contribution in [3.05, 3.63) is 0 Å². The highest BCUT2D eigenvalue weighted by molar-refractivity contribution is 5.94. The van der Waals surface area contributed by atoms with Crippen molar-refractivity contribution in [2.24, 2.45) is 5.73 Å². The highest BCUT2D eigenvalue weighted by Crippen LogP contribution is 2.17. The zero-order chi connectivity index (χ0) is 44.4. The Balaban J connectivity index is 6.07. The predicted molar refractivity (Wildman–Crippen MR) is 168 cm³/mol. The van der Waals surface area contributed by atoms with Crippen molar-refractivity contribution >= 4 is 47.1 Å². The predicted octanol–water partition coefficient (Wildman–Crippen LogP) is 0.192. The van der Waals surface area contributed by atoms with Crippen molar-refractivity contribution < 1.29 is 91.0 Å². The van der Waals surface area contributed by atoms with Gasteiger partial charge in [0.1, 0.15) is 12.1 Å². The lowest BCUT2D eigenvalue weighted by atomic mass is 10.0. The van der Waals surface area contributed by atoms with Gasteiger partial charge in [-0.2, -0.15) is 52.7 Å². The molecule has 0 aromatic carbocycles. The fourth-order valence-electron chi connectivity index (χ4n) is 4.32. The normalized spacial score (nSPS) is 14.2. The zero-order valence-electron chi connectivity index (χ0n) is 29.7. The molecule has 0 aliphatic rings. The highest BCUT2D eigenvalue weighted by Gasteiger charge is 2.41. The van der Waals surface area contributed by atoms with Crippen molar-refractivity contribution in [2.75, 3.05) is 26.2 Å². The molecule has 16 nitrogen and oxygen atoms in total. The van der Waals surface area contributed by atoms with Crippen molar-refractivity contribution in [3.63, 3.8) is 0 Å². The summed E-state index contributed by atoms with van der Waals surface area (Å²) in [6.07, 6.45) is -24.6. The molecule has 4 atom stereocenters. The first-order valence-electron chi connectivity index (χ1n) is 16.6. The standard InChI is InChI=1S/C29H40F12N8O8/c1-14(50)16(7-3-11-44-23(55)27(33,34)35)47-20(52)18(9-5-13-46-25(57)29(39,40)41)49-21(53)17(8-4-12-45-24(56)28(36,37)38)48-19(51)15(42)6-2-10-43-22(54)26(30,31)32/h15-18H,2-13,42H2,1H3,(H,43,54)(H,44,55)(H,45,56)(H,46,57)(H,47,52)(H,48,51)(H,49,53). The lowest BCUT2D eigenvalue weighted by molar-refractivity contribution is -0.173. The van der Waals surface area contributed by atoms with Gasteiger partial charge in [-0.1, -0.05) is 0 Å². The van der Waals surface area contributed by atoms with Gasteiger partial charge in [0.05, 0.1) is 12.1 Å². The Bertz CT molecular complexity index is 1410. The minimum Gasteiger partial charge on any atom is -0.348 e. The summed E-state index contributed by atoms with van der Waals surface area (Å²) in [6, 6.07) is -6.68. The van der Waals surface area contributed by atoms with E-state index in [-0.39, 0.29) is 19.3 Å². The van der Waals surface area contributed by atoms with Crippen molar-refractivity contribution in [1.29, 1.82) is 0 Å². The number of nitrogens with one attached hydrogen (secondary N) is 7. The first-order chi connectivity index (χ1) is 26.0. The van der Waals surface area contributed by atoms with Crippen LogP contribution in [0.4, 0.5) is 52.7 Å². The van der Waals surface area contributed by atoms with Crippen molar-refractivity contribution in [2.45, 2.75) is 107 Å². The van der Waals surface area contributed by atoms with Crippen LogP contribution in [0.25, 0.3) is 0 Å². The quantitative estimate of drug-likeness (QED) is 0.0516. The van der Waals surface area contributed by atoms with Crippen LogP contribution in [-0.4, -0.2) is 122 Å². The molecule has 0 aliphatic heterocycles. The van der Waals surface area contributed by atoms with Crippen LogP contribution in [0.2, 0.25) is 0 Å². The molecule has 0 heterocycles. The number of ketones is 1. The van der Waals surface area contributed by atoms with Gasteiger partial charge in [-0.15, -0.1) is 0 Å². The van der Waals surface area contributed by atoms with Crippen LogP contribution in [0.15, 0.2) is 0 Å². The Kier molecular flexibility index (Phi) is 21.3. The summed E-state index contributed by atoms with van der Waals surface area (Å²) in [7, 11) is 0. The summed E-state index contributed by atoms with van der Waals surface area (Å²) < 4.78 is 150. The maximum Gasteiger partial charge on any atom is 0.471 e. The number of alkyl halides is 12. The molecule has 4 unspecified atom stereocenters. The molecule has 9 N–H and O–H groups in total. The fraction of sp³-hybridized carbons (Fsp3) is 0.724. The average molecular weight is 857 g/mol. The van der Waals surface area contributed by atoms with E-state index in [2.05, 4.69) is 16.0 Å². The van der Waals surface area contributed by atoms with Crippen LogP contribution in [0.5, 0.6) is 0 Å². The second kappa shape index (κ2) is 23.3. The summed E-state index contributed by atoms with van der Waals surface area (Å²) in [4.78, 5) is 95.9. The minimum absolute atomic E-state index is 0.310. The van der Waals surface area contributed by atoms with E-state index in [1.54, 1.807) is 0 Å². The third-order valence-corrected chi connectivity index (χ3v) is 7.28. The molecule has 0 bridgehead atoms. The smallest absolute Gasteiger partial charge is 0.348 e. The van der Waals surface area contributed by atoms with Gasteiger partial charge < -0.3 is 43.0 Å². The van der Waals surface area contributed by atoms with Gasteiger partial charge in [0.15, 0.2) is 5.78 Å². The number of amides is 7. The number of Topliss-reactive ketones (excluding diaryl/α,β-unsaturated/α-hetero) is 1. The molecule has 0 spiro atoms. The number of hydrogen-bond donors (Lipinski definition) is 8. The Labute approximate surface area is 314 Å². The first kappa shape index (κ1) is 52.1. The van der Waals surface area contributed by atoms with Gasteiger partial charge >= 0.3 is 48.3 Å². The van der Waals surface area contributed by atoms with Gasteiger partial charge in [-0.3, -0.25) is 38.4 Å². The Morgan fingerprint density at radius 2 is 0.667 bits per heavy atom. The van der Waals surface area contributed by atoms with E-state index in [1.807, 2.05) is 0 Å². The molecule has 0 radical (unpaired) electrons. The molecule has 0 rings (SSSR count). The van der Waals surface area contributed by atoms with E-state index in [9.17, 15) is 91.0 Å². The van der Waals surface area contributed by atoms with E-state index in [1.165, 1.54) is 21.3 Å². The monoisotopic (exact) mass is 856 g/mol. The van der Waals surface area contributed by atoms with E-state index < -0.39 is 154 Å². The maximum atomic E-state index is 13.4. The summed E-state index contributed by atoms with van der Waals surface area (Å²) in [5.74, 6) is -13.8. The third-order valence-electron chi connectivity index (χ3n) is 7.28. The average Bonchev–Trinajstić information content (AvgIpc) is 3.07. The van der Waals surface area contributed by atoms with Crippen molar-refractivity contribution in [3.8, 4) is 0 Å². The lowest BCUT2D eigenvalue weighted by Crippen LogP contribution is -2.57. The van der Waals surface area contributed by atoms with Gasteiger partial charge in [-0.25, -0.2) is 0 Å². The lowest BCUT2D eigenvalue weighted by Gasteiger charge is -2.26. The largest absolute Gasteiger partial charge is 0.471 e. The number of nitrogens with two attached hydrogens (primary N) is 1. The Morgan fingerprint density at radius 1 is 0.421 bits per heavy atom. The number of carbonyl (C=O) groups excluding carboxylic acids is 8. The summed E-state index contributed by atoms with van der Waals surface area (Å²) in [5.41, 5.74) is 5.72. The van der Waals surface area contributed by atoms with E-state index in [0.29, 0.717) is 0 Å². The molecular formula is C29H40F12N8O8. The van der Waals surface area contributed by atoms with Crippen LogP contribution >= 0.6 is 0 Å². The molecule has 0 aromatic rings. The van der Waals surface area contributed by atoms with Crippen molar-refractivity contribution in [1.82, 2.24) is 37.2 Å². The number of carbonyl (C=O) groups is 8.